The summed E-state index contributed by atoms with van der Waals surface area (Å²) in [4.78, 5) is 2.45. The van der Waals surface area contributed by atoms with E-state index < -0.39 is 0 Å². The van der Waals surface area contributed by atoms with Gasteiger partial charge in [0.15, 0.2) is 0 Å². The number of nitrogens with zero attached hydrogens (tertiary/aromatic N) is 1. The van der Waals surface area contributed by atoms with Crippen molar-refractivity contribution < 1.29 is 0 Å². The van der Waals surface area contributed by atoms with Crippen LogP contribution in [0.2, 0.25) is 0 Å². The zero-order valence-electron chi connectivity index (χ0n) is 14.8. The monoisotopic (exact) mass is 307 g/mol. The molecule has 1 heteroatoms. The van der Waals surface area contributed by atoms with Gasteiger partial charge in [0.2, 0.25) is 0 Å². The minimum atomic E-state index is 0.370. The van der Waals surface area contributed by atoms with Gasteiger partial charge >= 0.3 is 0 Å². The van der Waals surface area contributed by atoms with E-state index in [2.05, 4.69) is 80.5 Å². The Labute approximate surface area is 141 Å². The zero-order chi connectivity index (χ0) is 16.3. The van der Waals surface area contributed by atoms with Crippen LogP contribution in [0.5, 0.6) is 0 Å². The van der Waals surface area contributed by atoms with E-state index in [1.165, 1.54) is 48.8 Å². The van der Waals surface area contributed by atoms with Crippen LogP contribution >= 0.6 is 0 Å². The van der Waals surface area contributed by atoms with Gasteiger partial charge in [-0.05, 0) is 50.0 Å². The van der Waals surface area contributed by atoms with Gasteiger partial charge in [-0.15, -0.1) is 0 Å². The lowest BCUT2D eigenvalue weighted by molar-refractivity contribution is 0.0895. The lowest BCUT2D eigenvalue weighted by Gasteiger charge is -2.51. The quantitative estimate of drug-likeness (QED) is 0.680. The molecule has 0 aliphatic heterocycles. The molecule has 1 unspecified atom stereocenters. The minimum Gasteiger partial charge on any atom is -0.306 e. The third-order valence-corrected chi connectivity index (χ3v) is 5.64. The van der Waals surface area contributed by atoms with Gasteiger partial charge in [0.05, 0.1) is 0 Å². The highest BCUT2D eigenvalue weighted by Crippen LogP contribution is 2.49. The van der Waals surface area contributed by atoms with Crippen molar-refractivity contribution in [1.82, 2.24) is 4.90 Å². The predicted molar refractivity (Wildman–Crippen MR) is 99.8 cm³/mol. The van der Waals surface area contributed by atoms with E-state index in [-0.39, 0.29) is 0 Å². The average molecular weight is 307 g/mol. The second-order valence-electron chi connectivity index (χ2n) is 7.22. The van der Waals surface area contributed by atoms with Crippen LogP contribution in [0.25, 0.3) is 11.1 Å². The molecule has 0 heterocycles. The molecule has 0 saturated heterocycles. The van der Waals surface area contributed by atoms with Crippen molar-refractivity contribution in [3.05, 3.63) is 60.2 Å². The summed E-state index contributed by atoms with van der Waals surface area (Å²) >= 11 is 0. The van der Waals surface area contributed by atoms with Crippen molar-refractivity contribution in [2.75, 3.05) is 14.1 Å². The van der Waals surface area contributed by atoms with Crippen molar-refractivity contribution in [3.63, 3.8) is 0 Å². The van der Waals surface area contributed by atoms with E-state index >= 15 is 0 Å². The van der Waals surface area contributed by atoms with Gasteiger partial charge in [-0.25, -0.2) is 0 Å². The lowest BCUT2D eigenvalue weighted by Crippen LogP contribution is -2.52. The molecule has 122 valence electrons. The Morgan fingerprint density at radius 1 is 0.913 bits per heavy atom. The molecule has 23 heavy (non-hydrogen) atoms. The molecule has 1 aliphatic carbocycles. The molecule has 1 aliphatic rings. The van der Waals surface area contributed by atoms with Crippen LogP contribution in [0.15, 0.2) is 54.6 Å². The smallest absolute Gasteiger partial charge is 0.0186 e. The summed E-state index contributed by atoms with van der Waals surface area (Å²) in [6.07, 6.45) is 6.58. The maximum absolute atomic E-state index is 2.45. The van der Waals surface area contributed by atoms with E-state index in [4.69, 9.17) is 0 Å². The molecular weight excluding hydrogens is 278 g/mol. The highest BCUT2D eigenvalue weighted by Gasteiger charge is 2.45. The standard InChI is InChI=1S/C22H29N/c1-4-9-21(23(2)3)22(16-8-17-22)20-14-12-19(13-15-20)18-10-6-5-7-11-18/h5-7,10-15,21H,4,8-9,16-17H2,1-3H3. The number of hydrogen-bond acceptors (Lipinski definition) is 1. The van der Waals surface area contributed by atoms with Crippen molar-refractivity contribution >= 4 is 0 Å². The highest BCUT2D eigenvalue weighted by atomic mass is 15.1. The van der Waals surface area contributed by atoms with E-state index in [0.29, 0.717) is 11.5 Å². The molecule has 2 aromatic carbocycles. The number of likely N-dealkylation sites (N-methyl/N-ethyl adjacent to an activating group) is 1. The largest absolute Gasteiger partial charge is 0.306 e. The summed E-state index contributed by atoms with van der Waals surface area (Å²) in [5.74, 6) is 0. The maximum Gasteiger partial charge on any atom is 0.0186 e. The maximum atomic E-state index is 2.45. The molecular formula is C22H29N. The fourth-order valence-corrected chi connectivity index (χ4v) is 4.30. The molecule has 1 atom stereocenters. The second-order valence-corrected chi connectivity index (χ2v) is 7.22. The van der Waals surface area contributed by atoms with Gasteiger partial charge in [-0.2, -0.15) is 0 Å². The van der Waals surface area contributed by atoms with Crippen LogP contribution in [0, 0.1) is 0 Å². The SMILES string of the molecule is CCCC(N(C)C)C1(c2ccc(-c3ccccc3)cc2)CCC1. The van der Waals surface area contributed by atoms with E-state index in [9.17, 15) is 0 Å². The van der Waals surface area contributed by atoms with Crippen LogP contribution in [0.4, 0.5) is 0 Å². The van der Waals surface area contributed by atoms with Gasteiger partial charge in [0.25, 0.3) is 0 Å². The molecule has 1 nitrogen and oxygen atoms in total. The Morgan fingerprint density at radius 3 is 2.00 bits per heavy atom. The number of rotatable bonds is 6. The van der Waals surface area contributed by atoms with E-state index in [1.807, 2.05) is 0 Å². The summed E-state index contributed by atoms with van der Waals surface area (Å²) in [5.41, 5.74) is 4.53. The lowest BCUT2D eigenvalue weighted by atomic mass is 9.59. The van der Waals surface area contributed by atoms with Crippen LogP contribution < -0.4 is 0 Å². The molecule has 1 fully saturated rings. The first-order valence-electron chi connectivity index (χ1n) is 9.00. The first kappa shape index (κ1) is 16.3. The van der Waals surface area contributed by atoms with Crippen molar-refractivity contribution in [3.8, 4) is 11.1 Å². The molecule has 3 rings (SSSR count). The Bertz CT molecular complexity index is 608. The molecule has 0 N–H and O–H groups in total. The van der Waals surface area contributed by atoms with Gasteiger partial charge in [0.1, 0.15) is 0 Å². The first-order chi connectivity index (χ1) is 11.2. The Morgan fingerprint density at radius 2 is 1.52 bits per heavy atom. The molecule has 0 radical (unpaired) electrons. The Kier molecular flexibility index (Phi) is 4.87. The third-order valence-electron chi connectivity index (χ3n) is 5.64. The fraction of sp³-hybridized carbons (Fsp3) is 0.455. The topological polar surface area (TPSA) is 3.24 Å². The summed E-state index contributed by atoms with van der Waals surface area (Å²) in [6.45, 7) is 2.31. The molecule has 0 spiro atoms. The van der Waals surface area contributed by atoms with Gasteiger partial charge in [-0.1, -0.05) is 74.4 Å². The van der Waals surface area contributed by atoms with E-state index in [0.717, 1.165) is 0 Å². The van der Waals surface area contributed by atoms with Gasteiger partial charge in [0, 0.05) is 11.5 Å². The first-order valence-corrected chi connectivity index (χ1v) is 9.00. The summed E-state index contributed by atoms with van der Waals surface area (Å²) < 4.78 is 0. The summed E-state index contributed by atoms with van der Waals surface area (Å²) in [6, 6.07) is 20.7. The highest BCUT2D eigenvalue weighted by molar-refractivity contribution is 5.63. The molecule has 1 saturated carbocycles. The normalized spacial score (nSPS) is 17.7. The van der Waals surface area contributed by atoms with Crippen molar-refractivity contribution in [2.24, 2.45) is 0 Å². The Hall–Kier alpha value is -1.60. The minimum absolute atomic E-state index is 0.370. The predicted octanol–water partition coefficient (Wildman–Crippen LogP) is 5.51. The zero-order valence-corrected chi connectivity index (χ0v) is 14.8. The average Bonchev–Trinajstić information content (AvgIpc) is 2.54. The van der Waals surface area contributed by atoms with Crippen molar-refractivity contribution in [2.45, 2.75) is 50.5 Å². The second kappa shape index (κ2) is 6.88. The van der Waals surface area contributed by atoms with Crippen LogP contribution in [0.1, 0.15) is 44.6 Å². The van der Waals surface area contributed by atoms with E-state index in [1.54, 1.807) is 0 Å². The van der Waals surface area contributed by atoms with Crippen LogP contribution in [0.3, 0.4) is 0 Å². The third kappa shape index (κ3) is 3.07. The summed E-state index contributed by atoms with van der Waals surface area (Å²) in [7, 11) is 4.50. The van der Waals surface area contributed by atoms with Gasteiger partial charge in [-0.3, -0.25) is 0 Å². The Balaban J connectivity index is 1.90. The van der Waals surface area contributed by atoms with Crippen molar-refractivity contribution in [1.29, 1.82) is 0 Å². The van der Waals surface area contributed by atoms with Crippen LogP contribution in [-0.2, 0) is 5.41 Å². The summed E-state index contributed by atoms with van der Waals surface area (Å²) in [5, 5.41) is 0. The number of hydrogen-bond donors (Lipinski definition) is 0. The molecule has 0 aromatic heterocycles. The molecule has 0 bridgehead atoms. The number of benzene rings is 2. The fourth-order valence-electron chi connectivity index (χ4n) is 4.30. The van der Waals surface area contributed by atoms with Gasteiger partial charge < -0.3 is 4.90 Å². The molecule has 2 aromatic rings. The molecule has 0 amide bonds. The van der Waals surface area contributed by atoms with Crippen LogP contribution in [-0.4, -0.2) is 25.0 Å².